The number of nitrogens with zero attached hydrogens (tertiary/aromatic N) is 1. The molecule has 0 saturated carbocycles. The molecule has 216 valence electrons. The predicted molar refractivity (Wildman–Crippen MR) is 201 cm³/mol. The molecule has 10 aromatic rings. The third-order valence-corrected chi connectivity index (χ3v) is 10.5. The van der Waals surface area contributed by atoms with Gasteiger partial charge < -0.3 is 4.57 Å². The molecule has 0 amide bonds. The predicted octanol–water partition coefficient (Wildman–Crippen LogP) is 12.7. The summed E-state index contributed by atoms with van der Waals surface area (Å²) in [5, 5.41) is 13.0. The van der Waals surface area contributed by atoms with Crippen molar-refractivity contribution in [2.75, 3.05) is 0 Å². The summed E-state index contributed by atoms with van der Waals surface area (Å²) in [5.74, 6) is 0. The van der Waals surface area contributed by atoms with E-state index in [4.69, 9.17) is 0 Å². The Morgan fingerprint density at radius 2 is 0.872 bits per heavy atom. The van der Waals surface area contributed by atoms with Crippen molar-refractivity contribution in [2.45, 2.75) is 0 Å². The van der Waals surface area contributed by atoms with Gasteiger partial charge in [0, 0.05) is 16.5 Å². The van der Waals surface area contributed by atoms with Crippen molar-refractivity contribution in [3.63, 3.8) is 0 Å². The fourth-order valence-corrected chi connectivity index (χ4v) is 8.44. The molecular weight excluding hydrogens is 567 g/mol. The molecule has 0 saturated heterocycles. The van der Waals surface area contributed by atoms with E-state index in [1.165, 1.54) is 104 Å². The van der Waals surface area contributed by atoms with Crippen LogP contribution in [-0.2, 0) is 0 Å². The van der Waals surface area contributed by atoms with Crippen LogP contribution in [0.2, 0.25) is 0 Å². The summed E-state index contributed by atoms with van der Waals surface area (Å²) in [6.45, 7) is 0. The lowest BCUT2D eigenvalue weighted by molar-refractivity contribution is 1.19. The van der Waals surface area contributed by atoms with Gasteiger partial charge in [-0.25, -0.2) is 0 Å². The molecule has 1 aliphatic rings. The van der Waals surface area contributed by atoms with Crippen LogP contribution < -0.4 is 0 Å². The van der Waals surface area contributed by atoms with Crippen molar-refractivity contribution in [3.8, 4) is 39.1 Å². The molecule has 1 heteroatoms. The van der Waals surface area contributed by atoms with Crippen LogP contribution in [0.4, 0.5) is 0 Å². The third kappa shape index (κ3) is 3.38. The molecule has 0 N–H and O–H groups in total. The minimum atomic E-state index is 1.18. The van der Waals surface area contributed by atoms with E-state index in [9.17, 15) is 0 Å². The molecule has 1 heterocycles. The zero-order valence-electron chi connectivity index (χ0n) is 25.5. The van der Waals surface area contributed by atoms with Gasteiger partial charge in [-0.15, -0.1) is 0 Å². The summed E-state index contributed by atoms with van der Waals surface area (Å²) in [6, 6.07) is 60.8. The summed E-state index contributed by atoms with van der Waals surface area (Å²) >= 11 is 0. The Bertz CT molecular complexity index is 2920. The number of fused-ring (bicyclic) bond motifs is 12. The van der Waals surface area contributed by atoms with Crippen molar-refractivity contribution >= 4 is 64.9 Å². The van der Waals surface area contributed by atoms with Gasteiger partial charge >= 0.3 is 0 Å². The van der Waals surface area contributed by atoms with E-state index in [-0.39, 0.29) is 0 Å². The lowest BCUT2D eigenvalue weighted by Gasteiger charge is -2.14. The molecule has 0 bridgehead atoms. The first kappa shape index (κ1) is 25.1. The number of benzene rings is 9. The Balaban J connectivity index is 1.12. The minimum Gasteiger partial charge on any atom is -0.309 e. The summed E-state index contributed by atoms with van der Waals surface area (Å²) < 4.78 is 2.44. The highest BCUT2D eigenvalue weighted by Crippen LogP contribution is 2.48. The van der Waals surface area contributed by atoms with Crippen LogP contribution in [-0.4, -0.2) is 4.57 Å². The molecule has 0 spiro atoms. The van der Waals surface area contributed by atoms with E-state index in [1.807, 2.05) is 0 Å². The zero-order chi connectivity index (χ0) is 30.6. The van der Waals surface area contributed by atoms with Crippen molar-refractivity contribution in [1.82, 2.24) is 4.57 Å². The first-order chi connectivity index (χ1) is 23.3. The van der Waals surface area contributed by atoms with E-state index in [0.29, 0.717) is 0 Å². The largest absolute Gasteiger partial charge is 0.309 e. The minimum absolute atomic E-state index is 1.18. The van der Waals surface area contributed by atoms with E-state index >= 15 is 0 Å². The summed E-state index contributed by atoms with van der Waals surface area (Å²) in [6.07, 6.45) is 0. The molecule has 0 radical (unpaired) electrons. The number of aromatic nitrogens is 1. The van der Waals surface area contributed by atoms with Crippen LogP contribution in [0.25, 0.3) is 104 Å². The monoisotopic (exact) mass is 593 g/mol. The van der Waals surface area contributed by atoms with Gasteiger partial charge in [0.1, 0.15) is 0 Å². The molecule has 1 aromatic heterocycles. The average Bonchev–Trinajstić information content (AvgIpc) is 3.65. The van der Waals surface area contributed by atoms with Crippen molar-refractivity contribution in [1.29, 1.82) is 0 Å². The lowest BCUT2D eigenvalue weighted by atomic mass is 9.94. The number of para-hydroxylation sites is 1. The highest BCUT2D eigenvalue weighted by Gasteiger charge is 2.22. The molecular formula is C46H27N. The van der Waals surface area contributed by atoms with Crippen LogP contribution in [0.3, 0.4) is 0 Å². The standard InChI is InChI=1S/C46H27N/c1-2-13-34-32(11-1)33-12-3-4-14-35(33)42-27-31(21-23-36(34)42)47-44-18-6-5-15-38(44)43-26-30(20-24-45(43)47)29-19-22-37-39-16-7-9-28-10-8-17-40(46(28)39)41(37)25-29/h1-27H. The first-order valence-corrected chi connectivity index (χ1v) is 16.4. The Morgan fingerprint density at radius 1 is 0.298 bits per heavy atom. The Labute approximate surface area is 271 Å². The van der Waals surface area contributed by atoms with Gasteiger partial charge in [0.05, 0.1) is 11.0 Å². The summed E-state index contributed by atoms with van der Waals surface area (Å²) in [5.41, 5.74) is 11.4. The summed E-state index contributed by atoms with van der Waals surface area (Å²) in [4.78, 5) is 0. The van der Waals surface area contributed by atoms with Gasteiger partial charge in [-0.1, -0.05) is 127 Å². The fourth-order valence-electron chi connectivity index (χ4n) is 8.44. The van der Waals surface area contributed by atoms with Crippen molar-refractivity contribution in [3.05, 3.63) is 164 Å². The van der Waals surface area contributed by atoms with Crippen LogP contribution >= 0.6 is 0 Å². The Morgan fingerprint density at radius 3 is 1.62 bits per heavy atom. The zero-order valence-corrected chi connectivity index (χ0v) is 25.5. The maximum atomic E-state index is 2.44. The highest BCUT2D eigenvalue weighted by atomic mass is 15.0. The van der Waals surface area contributed by atoms with Gasteiger partial charge in [-0.2, -0.15) is 0 Å². The van der Waals surface area contributed by atoms with Gasteiger partial charge in [0.15, 0.2) is 0 Å². The molecule has 0 unspecified atom stereocenters. The van der Waals surface area contributed by atoms with Crippen LogP contribution in [0.1, 0.15) is 0 Å². The average molecular weight is 594 g/mol. The van der Waals surface area contributed by atoms with Crippen molar-refractivity contribution < 1.29 is 0 Å². The molecule has 9 aromatic carbocycles. The van der Waals surface area contributed by atoms with Crippen LogP contribution in [0, 0.1) is 0 Å². The third-order valence-electron chi connectivity index (χ3n) is 10.5. The molecule has 1 nitrogen and oxygen atoms in total. The number of hydrogen-bond acceptors (Lipinski definition) is 0. The second-order valence-electron chi connectivity index (χ2n) is 12.9. The maximum Gasteiger partial charge on any atom is 0.0541 e. The molecule has 1 aliphatic carbocycles. The van der Waals surface area contributed by atoms with Crippen LogP contribution in [0.15, 0.2) is 164 Å². The first-order valence-electron chi connectivity index (χ1n) is 16.4. The Kier molecular flexibility index (Phi) is 4.90. The molecule has 0 aliphatic heterocycles. The molecule has 11 rings (SSSR count). The van der Waals surface area contributed by atoms with Gasteiger partial charge in [-0.3, -0.25) is 0 Å². The second kappa shape index (κ2) is 9.19. The van der Waals surface area contributed by atoms with Crippen LogP contribution in [0.5, 0.6) is 0 Å². The molecule has 0 atom stereocenters. The normalized spacial score (nSPS) is 12.3. The van der Waals surface area contributed by atoms with Gasteiger partial charge in [0.25, 0.3) is 0 Å². The quantitative estimate of drug-likeness (QED) is 0.176. The number of hydrogen-bond donors (Lipinski definition) is 0. The summed E-state index contributed by atoms with van der Waals surface area (Å²) in [7, 11) is 0. The van der Waals surface area contributed by atoms with Gasteiger partial charge in [0.2, 0.25) is 0 Å². The smallest absolute Gasteiger partial charge is 0.0541 e. The van der Waals surface area contributed by atoms with E-state index in [0.717, 1.165) is 0 Å². The van der Waals surface area contributed by atoms with E-state index < -0.39 is 0 Å². The lowest BCUT2D eigenvalue weighted by Crippen LogP contribution is -1.94. The molecule has 47 heavy (non-hydrogen) atoms. The maximum absolute atomic E-state index is 2.44. The highest BCUT2D eigenvalue weighted by molar-refractivity contribution is 6.25. The SMILES string of the molecule is c1cc2c3c(cccc3c1)-c1cc(-c3ccc4c(c3)c3ccccc3n4-c3ccc4c5ccccc5c5ccccc5c4c3)ccc1-2. The molecule has 0 fully saturated rings. The van der Waals surface area contributed by atoms with E-state index in [2.05, 4.69) is 168 Å². The topological polar surface area (TPSA) is 4.93 Å². The number of rotatable bonds is 2. The van der Waals surface area contributed by atoms with Crippen molar-refractivity contribution in [2.24, 2.45) is 0 Å². The van der Waals surface area contributed by atoms with E-state index in [1.54, 1.807) is 0 Å². The fraction of sp³-hybridized carbons (Fsp3) is 0. The Hall–Kier alpha value is -6.18. The van der Waals surface area contributed by atoms with Gasteiger partial charge in [-0.05, 0) is 113 Å². The second-order valence-corrected chi connectivity index (χ2v) is 12.9.